The van der Waals surface area contributed by atoms with Gasteiger partial charge in [0, 0.05) is 4.47 Å². The van der Waals surface area contributed by atoms with Gasteiger partial charge in [-0.1, -0.05) is 45.8 Å². The Hall–Kier alpha value is -1.12. The van der Waals surface area contributed by atoms with E-state index in [-0.39, 0.29) is 0 Å². The van der Waals surface area contributed by atoms with Crippen molar-refractivity contribution in [3.63, 3.8) is 0 Å². The van der Waals surface area contributed by atoms with Crippen LogP contribution < -0.4 is 0 Å². The lowest BCUT2D eigenvalue weighted by Crippen LogP contribution is -2.05. The van der Waals surface area contributed by atoms with Crippen molar-refractivity contribution in [3.05, 3.63) is 68.2 Å². The van der Waals surface area contributed by atoms with E-state index in [1.54, 1.807) is 0 Å². The van der Waals surface area contributed by atoms with Gasteiger partial charge < -0.3 is 5.11 Å². The van der Waals surface area contributed by atoms with Crippen LogP contribution >= 0.6 is 15.9 Å². The van der Waals surface area contributed by atoms with Gasteiger partial charge in [0.05, 0.1) is 0 Å². The first kappa shape index (κ1) is 14.3. The monoisotopic (exact) mass is 318 g/mol. The number of hydrogen-bond acceptors (Lipinski definition) is 1. The molecule has 0 radical (unpaired) electrons. The van der Waals surface area contributed by atoms with Gasteiger partial charge in [0.15, 0.2) is 0 Å². The minimum absolute atomic E-state index is 0.563. The molecule has 0 amide bonds. The summed E-state index contributed by atoms with van der Waals surface area (Å²) in [5.41, 5.74) is 6.56. The molecule has 19 heavy (non-hydrogen) atoms. The van der Waals surface area contributed by atoms with Crippen LogP contribution in [0.25, 0.3) is 0 Å². The average molecular weight is 319 g/mol. The van der Waals surface area contributed by atoms with Gasteiger partial charge in [-0.3, -0.25) is 0 Å². The van der Waals surface area contributed by atoms with Crippen LogP contribution in [0.3, 0.4) is 0 Å². The molecule has 0 heterocycles. The molecular formula is C17H19BrO. The van der Waals surface area contributed by atoms with E-state index in [0.29, 0.717) is 0 Å². The summed E-state index contributed by atoms with van der Waals surface area (Å²) in [6.45, 7) is 8.19. The fourth-order valence-electron chi connectivity index (χ4n) is 2.40. The molecule has 2 aromatic rings. The summed E-state index contributed by atoms with van der Waals surface area (Å²) in [6, 6.07) is 10.3. The van der Waals surface area contributed by atoms with E-state index in [9.17, 15) is 5.11 Å². The van der Waals surface area contributed by atoms with Crippen LogP contribution in [0.1, 0.15) is 39.5 Å². The molecule has 2 heteroatoms. The van der Waals surface area contributed by atoms with Crippen LogP contribution in [0.2, 0.25) is 0 Å². The molecule has 1 N–H and O–H groups in total. The highest BCUT2D eigenvalue weighted by molar-refractivity contribution is 9.10. The number of benzene rings is 2. The van der Waals surface area contributed by atoms with Crippen LogP contribution in [-0.4, -0.2) is 5.11 Å². The molecule has 0 spiro atoms. The highest BCUT2D eigenvalue weighted by Gasteiger charge is 2.16. The summed E-state index contributed by atoms with van der Waals surface area (Å²) in [7, 11) is 0. The number of aliphatic hydroxyl groups excluding tert-OH is 1. The molecule has 0 aliphatic heterocycles. The Morgan fingerprint density at radius 2 is 1.47 bits per heavy atom. The smallest absolute Gasteiger partial charge is 0.105 e. The molecule has 2 rings (SSSR count). The second-order valence-electron chi connectivity index (χ2n) is 5.22. The number of aliphatic hydroxyl groups is 1. The van der Waals surface area contributed by atoms with Gasteiger partial charge in [-0.15, -0.1) is 0 Å². The van der Waals surface area contributed by atoms with E-state index in [1.807, 2.05) is 32.9 Å². The molecule has 0 saturated heterocycles. The van der Waals surface area contributed by atoms with Crippen molar-refractivity contribution >= 4 is 15.9 Å². The lowest BCUT2D eigenvalue weighted by atomic mass is 9.92. The van der Waals surface area contributed by atoms with Gasteiger partial charge >= 0.3 is 0 Å². The zero-order valence-corrected chi connectivity index (χ0v) is 13.4. The molecule has 100 valence electrons. The summed E-state index contributed by atoms with van der Waals surface area (Å²) in [6.07, 6.45) is -0.563. The number of halogens is 1. The maximum Gasteiger partial charge on any atom is 0.105 e. The molecular weight excluding hydrogens is 300 g/mol. The van der Waals surface area contributed by atoms with Crippen molar-refractivity contribution in [2.24, 2.45) is 0 Å². The zero-order valence-electron chi connectivity index (χ0n) is 11.8. The summed E-state index contributed by atoms with van der Waals surface area (Å²) in [5, 5.41) is 10.6. The third kappa shape index (κ3) is 2.90. The van der Waals surface area contributed by atoms with Gasteiger partial charge in [0.2, 0.25) is 0 Å². The summed E-state index contributed by atoms with van der Waals surface area (Å²) < 4.78 is 1.08. The normalized spacial score (nSPS) is 12.5. The Morgan fingerprint density at radius 1 is 0.842 bits per heavy atom. The highest BCUT2D eigenvalue weighted by atomic mass is 79.9. The molecule has 0 saturated carbocycles. The topological polar surface area (TPSA) is 20.2 Å². The van der Waals surface area contributed by atoms with Gasteiger partial charge in [0.25, 0.3) is 0 Å². The van der Waals surface area contributed by atoms with Crippen LogP contribution in [0.15, 0.2) is 34.8 Å². The fraction of sp³-hybridized carbons (Fsp3) is 0.294. The molecule has 0 aliphatic carbocycles. The van der Waals surface area contributed by atoms with E-state index in [1.165, 1.54) is 5.56 Å². The Bertz CT molecular complexity index is 617. The van der Waals surface area contributed by atoms with E-state index in [2.05, 4.69) is 41.1 Å². The maximum absolute atomic E-state index is 10.6. The van der Waals surface area contributed by atoms with E-state index >= 15 is 0 Å². The second-order valence-corrected chi connectivity index (χ2v) is 6.07. The Morgan fingerprint density at radius 3 is 2.11 bits per heavy atom. The third-order valence-corrected chi connectivity index (χ3v) is 4.42. The Labute approximate surface area is 123 Å². The SMILES string of the molecule is Cc1ccc(C(O)c2cc(C)c(Br)cc2C)c(C)c1. The third-order valence-electron chi connectivity index (χ3n) is 3.56. The van der Waals surface area contributed by atoms with Crippen LogP contribution in [0.4, 0.5) is 0 Å². The first-order chi connectivity index (χ1) is 8.90. The number of aryl methyl sites for hydroxylation is 4. The second kappa shape index (κ2) is 5.48. The molecule has 0 bridgehead atoms. The van der Waals surface area contributed by atoms with Crippen molar-refractivity contribution in [2.45, 2.75) is 33.8 Å². The first-order valence-electron chi connectivity index (χ1n) is 6.42. The summed E-state index contributed by atoms with van der Waals surface area (Å²) in [5.74, 6) is 0. The fourth-order valence-corrected chi connectivity index (χ4v) is 2.86. The predicted molar refractivity (Wildman–Crippen MR) is 83.6 cm³/mol. The lowest BCUT2D eigenvalue weighted by Gasteiger charge is -2.18. The van der Waals surface area contributed by atoms with Gasteiger partial charge in [-0.2, -0.15) is 0 Å². The van der Waals surface area contributed by atoms with Crippen LogP contribution in [0.5, 0.6) is 0 Å². The minimum atomic E-state index is -0.563. The van der Waals surface area contributed by atoms with E-state index < -0.39 is 6.10 Å². The molecule has 1 unspecified atom stereocenters. The quantitative estimate of drug-likeness (QED) is 0.846. The summed E-state index contributed by atoms with van der Waals surface area (Å²) in [4.78, 5) is 0. The molecule has 1 atom stereocenters. The molecule has 1 nitrogen and oxygen atoms in total. The maximum atomic E-state index is 10.6. The zero-order chi connectivity index (χ0) is 14.2. The average Bonchev–Trinajstić information content (AvgIpc) is 2.33. The van der Waals surface area contributed by atoms with Gasteiger partial charge in [-0.25, -0.2) is 0 Å². The van der Waals surface area contributed by atoms with E-state index in [4.69, 9.17) is 0 Å². The van der Waals surface area contributed by atoms with Crippen molar-refractivity contribution in [2.75, 3.05) is 0 Å². The molecule has 0 fully saturated rings. The highest BCUT2D eigenvalue weighted by Crippen LogP contribution is 2.30. The Kier molecular flexibility index (Phi) is 4.12. The van der Waals surface area contributed by atoms with Gasteiger partial charge in [0.1, 0.15) is 6.10 Å². The number of rotatable bonds is 2. The molecule has 0 aliphatic rings. The largest absolute Gasteiger partial charge is 0.384 e. The van der Waals surface area contributed by atoms with Crippen molar-refractivity contribution < 1.29 is 5.11 Å². The van der Waals surface area contributed by atoms with E-state index in [0.717, 1.165) is 32.3 Å². The van der Waals surface area contributed by atoms with Gasteiger partial charge in [-0.05, 0) is 61.6 Å². The van der Waals surface area contributed by atoms with Crippen LogP contribution in [0, 0.1) is 27.7 Å². The van der Waals surface area contributed by atoms with Crippen molar-refractivity contribution in [1.29, 1.82) is 0 Å². The number of hydrogen-bond donors (Lipinski definition) is 1. The first-order valence-corrected chi connectivity index (χ1v) is 7.21. The van der Waals surface area contributed by atoms with Crippen molar-refractivity contribution in [3.8, 4) is 0 Å². The predicted octanol–water partition coefficient (Wildman–Crippen LogP) is 4.76. The molecule has 0 aromatic heterocycles. The minimum Gasteiger partial charge on any atom is -0.384 e. The Balaban J connectivity index is 2.49. The summed E-state index contributed by atoms with van der Waals surface area (Å²) >= 11 is 3.53. The standard InChI is InChI=1S/C17H19BrO/c1-10-5-6-14(11(2)7-10)17(19)15-8-13(4)16(18)9-12(15)3/h5-9,17,19H,1-4H3. The van der Waals surface area contributed by atoms with Crippen LogP contribution in [-0.2, 0) is 0 Å². The lowest BCUT2D eigenvalue weighted by molar-refractivity contribution is 0.218. The van der Waals surface area contributed by atoms with Crippen molar-refractivity contribution in [1.82, 2.24) is 0 Å². The molecule has 2 aromatic carbocycles.